The molecule has 0 aromatic heterocycles. The molecule has 98 valence electrons. The summed E-state index contributed by atoms with van der Waals surface area (Å²) in [6.45, 7) is 0.774. The zero-order valence-corrected chi connectivity index (χ0v) is 10.5. The minimum Gasteiger partial charge on any atom is -0.478 e. The van der Waals surface area contributed by atoms with E-state index in [1.54, 1.807) is 12.1 Å². The Labute approximate surface area is 111 Å². The quantitative estimate of drug-likeness (QED) is 0.719. The van der Waals surface area contributed by atoms with Gasteiger partial charge in [-0.15, -0.1) is 0 Å². The summed E-state index contributed by atoms with van der Waals surface area (Å²) in [4.78, 5) is 10.8. The largest absolute Gasteiger partial charge is 0.478 e. The van der Waals surface area contributed by atoms with Crippen molar-refractivity contribution in [1.29, 1.82) is 0 Å². The minimum atomic E-state index is -1.01. The highest BCUT2D eigenvalue weighted by atomic mass is 16.4. The Morgan fingerprint density at radius 3 is 2.53 bits per heavy atom. The predicted molar refractivity (Wildman–Crippen MR) is 76.4 cm³/mol. The molecule has 4 nitrogen and oxygen atoms in total. The van der Waals surface area contributed by atoms with Crippen LogP contribution in [0.1, 0.15) is 15.9 Å². The Kier molecular flexibility index (Phi) is 4.03. The highest BCUT2D eigenvalue weighted by molar-refractivity contribution is 5.94. The van der Waals surface area contributed by atoms with Gasteiger partial charge in [-0.3, -0.25) is 0 Å². The summed E-state index contributed by atoms with van der Waals surface area (Å²) in [5.41, 5.74) is 8.18. The summed E-state index contributed by atoms with van der Waals surface area (Å²) in [7, 11) is 0. The van der Waals surface area contributed by atoms with Crippen molar-refractivity contribution in [3.63, 3.8) is 0 Å². The third-order valence-electron chi connectivity index (χ3n) is 2.87. The standard InChI is InChI=1S/C15H16N2O2/c16-14-10-12(6-7-13(14)15(18)19)17-9-8-11-4-2-1-3-5-11/h1-7,10,17H,8-9,16H2,(H,18,19). The molecule has 0 saturated heterocycles. The number of nitrogen functional groups attached to an aromatic ring is 1. The lowest BCUT2D eigenvalue weighted by Crippen LogP contribution is -2.07. The maximum Gasteiger partial charge on any atom is 0.337 e. The van der Waals surface area contributed by atoms with E-state index in [1.165, 1.54) is 11.6 Å². The van der Waals surface area contributed by atoms with Gasteiger partial charge in [-0.05, 0) is 30.2 Å². The van der Waals surface area contributed by atoms with E-state index in [9.17, 15) is 4.79 Å². The van der Waals surface area contributed by atoms with Crippen LogP contribution in [0.15, 0.2) is 48.5 Å². The van der Waals surface area contributed by atoms with Gasteiger partial charge in [0.05, 0.1) is 5.56 Å². The van der Waals surface area contributed by atoms with Gasteiger partial charge in [0.1, 0.15) is 0 Å². The van der Waals surface area contributed by atoms with Crippen molar-refractivity contribution >= 4 is 17.3 Å². The Bertz CT molecular complexity index is 568. The SMILES string of the molecule is Nc1cc(NCCc2ccccc2)ccc1C(=O)O. The smallest absolute Gasteiger partial charge is 0.337 e. The molecule has 0 unspecified atom stereocenters. The zero-order chi connectivity index (χ0) is 13.7. The number of anilines is 2. The maximum absolute atomic E-state index is 10.8. The van der Waals surface area contributed by atoms with Crippen molar-refractivity contribution < 1.29 is 9.90 Å². The summed E-state index contributed by atoms with van der Waals surface area (Å²) in [5.74, 6) is -1.01. The lowest BCUT2D eigenvalue weighted by Gasteiger charge is -2.08. The number of hydrogen-bond donors (Lipinski definition) is 3. The van der Waals surface area contributed by atoms with Gasteiger partial charge >= 0.3 is 5.97 Å². The molecule has 0 aliphatic rings. The zero-order valence-electron chi connectivity index (χ0n) is 10.5. The van der Waals surface area contributed by atoms with Gasteiger partial charge in [0.2, 0.25) is 0 Å². The van der Waals surface area contributed by atoms with E-state index >= 15 is 0 Å². The first-order chi connectivity index (χ1) is 9.16. The normalized spacial score (nSPS) is 10.1. The van der Waals surface area contributed by atoms with E-state index < -0.39 is 5.97 Å². The van der Waals surface area contributed by atoms with Gasteiger partial charge in [-0.25, -0.2) is 4.79 Å². The van der Waals surface area contributed by atoms with Crippen molar-refractivity contribution in [2.24, 2.45) is 0 Å². The van der Waals surface area contributed by atoms with Gasteiger partial charge < -0.3 is 16.2 Å². The molecule has 0 atom stereocenters. The number of nitrogens with two attached hydrogens (primary N) is 1. The number of rotatable bonds is 5. The second kappa shape index (κ2) is 5.91. The Morgan fingerprint density at radius 1 is 1.16 bits per heavy atom. The molecule has 0 aliphatic heterocycles. The summed E-state index contributed by atoms with van der Waals surface area (Å²) >= 11 is 0. The van der Waals surface area contributed by atoms with E-state index in [2.05, 4.69) is 17.4 Å². The van der Waals surface area contributed by atoms with Crippen molar-refractivity contribution in [1.82, 2.24) is 0 Å². The second-order valence-corrected chi connectivity index (χ2v) is 4.27. The third kappa shape index (κ3) is 3.48. The van der Waals surface area contributed by atoms with Crippen LogP contribution in [0.2, 0.25) is 0 Å². The maximum atomic E-state index is 10.8. The Morgan fingerprint density at radius 2 is 1.89 bits per heavy atom. The number of carboxylic acid groups (broad SMARTS) is 1. The molecule has 2 aromatic rings. The number of carbonyl (C=O) groups is 1. The first kappa shape index (κ1) is 13.0. The molecule has 4 heteroatoms. The summed E-state index contributed by atoms with van der Waals surface area (Å²) in [6.07, 6.45) is 0.904. The van der Waals surface area contributed by atoms with Crippen LogP contribution in [-0.4, -0.2) is 17.6 Å². The van der Waals surface area contributed by atoms with Gasteiger partial charge in [0.15, 0.2) is 0 Å². The van der Waals surface area contributed by atoms with Crippen LogP contribution in [0.4, 0.5) is 11.4 Å². The van der Waals surface area contributed by atoms with Crippen molar-refractivity contribution in [2.45, 2.75) is 6.42 Å². The molecule has 0 fully saturated rings. The molecule has 0 saturated carbocycles. The van der Waals surface area contributed by atoms with Crippen LogP contribution in [-0.2, 0) is 6.42 Å². The first-order valence-electron chi connectivity index (χ1n) is 6.07. The van der Waals surface area contributed by atoms with E-state index in [4.69, 9.17) is 10.8 Å². The fourth-order valence-corrected chi connectivity index (χ4v) is 1.86. The number of hydrogen-bond acceptors (Lipinski definition) is 3. The molecule has 0 amide bonds. The molecule has 0 radical (unpaired) electrons. The van der Waals surface area contributed by atoms with Crippen molar-refractivity contribution in [3.05, 3.63) is 59.7 Å². The topological polar surface area (TPSA) is 75.3 Å². The highest BCUT2D eigenvalue weighted by Gasteiger charge is 2.07. The van der Waals surface area contributed by atoms with Crippen molar-refractivity contribution in [3.8, 4) is 0 Å². The monoisotopic (exact) mass is 256 g/mol. The third-order valence-corrected chi connectivity index (χ3v) is 2.87. The van der Waals surface area contributed by atoms with Crippen LogP contribution in [0.5, 0.6) is 0 Å². The number of aromatic carboxylic acids is 1. The predicted octanol–water partition coefficient (Wildman–Crippen LogP) is 2.62. The first-order valence-corrected chi connectivity index (χ1v) is 6.07. The summed E-state index contributed by atoms with van der Waals surface area (Å²) in [5, 5.41) is 12.1. The molecule has 0 aliphatic carbocycles. The Balaban J connectivity index is 1.93. The van der Waals surface area contributed by atoms with Gasteiger partial charge in [0, 0.05) is 17.9 Å². The lowest BCUT2D eigenvalue weighted by molar-refractivity contribution is 0.0698. The van der Waals surface area contributed by atoms with Gasteiger partial charge in [-0.2, -0.15) is 0 Å². The fraction of sp³-hybridized carbons (Fsp3) is 0.133. The van der Waals surface area contributed by atoms with E-state index in [0.717, 1.165) is 18.7 Å². The van der Waals surface area contributed by atoms with Crippen molar-refractivity contribution in [2.75, 3.05) is 17.6 Å². The van der Waals surface area contributed by atoms with Gasteiger partial charge in [0.25, 0.3) is 0 Å². The molecule has 4 N–H and O–H groups in total. The van der Waals surface area contributed by atoms with Crippen LogP contribution in [0.25, 0.3) is 0 Å². The molecule has 0 heterocycles. The van der Waals surface area contributed by atoms with E-state index in [1.807, 2.05) is 18.2 Å². The average molecular weight is 256 g/mol. The molecule has 0 spiro atoms. The Hall–Kier alpha value is -2.49. The van der Waals surface area contributed by atoms with Crippen LogP contribution in [0, 0.1) is 0 Å². The van der Waals surface area contributed by atoms with Crippen LogP contribution < -0.4 is 11.1 Å². The molecular weight excluding hydrogens is 240 g/mol. The van der Waals surface area contributed by atoms with E-state index in [0.29, 0.717) is 0 Å². The molecule has 2 rings (SSSR count). The molecule has 19 heavy (non-hydrogen) atoms. The summed E-state index contributed by atoms with van der Waals surface area (Å²) in [6, 6.07) is 15.0. The molecule has 2 aromatic carbocycles. The lowest BCUT2D eigenvalue weighted by atomic mass is 10.1. The molecule has 0 bridgehead atoms. The number of benzene rings is 2. The second-order valence-electron chi connectivity index (χ2n) is 4.27. The minimum absolute atomic E-state index is 0.133. The van der Waals surface area contributed by atoms with Gasteiger partial charge in [-0.1, -0.05) is 30.3 Å². The highest BCUT2D eigenvalue weighted by Crippen LogP contribution is 2.18. The number of carboxylic acids is 1. The van der Waals surface area contributed by atoms with Crippen LogP contribution in [0.3, 0.4) is 0 Å². The number of nitrogens with one attached hydrogen (secondary N) is 1. The molecular formula is C15H16N2O2. The summed E-state index contributed by atoms with van der Waals surface area (Å²) < 4.78 is 0. The average Bonchev–Trinajstić information content (AvgIpc) is 2.39. The van der Waals surface area contributed by atoms with E-state index in [-0.39, 0.29) is 11.3 Å². The van der Waals surface area contributed by atoms with Crippen LogP contribution >= 0.6 is 0 Å². The fourth-order valence-electron chi connectivity index (χ4n) is 1.86.